The molecule has 0 saturated heterocycles. The molecule has 0 radical (unpaired) electrons. The Kier molecular flexibility index (Phi) is 3.42. The van der Waals surface area contributed by atoms with Crippen molar-refractivity contribution in [2.24, 2.45) is 11.3 Å². The number of benzene rings is 2. The zero-order valence-electron chi connectivity index (χ0n) is 12.3. The van der Waals surface area contributed by atoms with Gasteiger partial charge in [-0.05, 0) is 36.1 Å². The first-order valence-electron chi connectivity index (χ1n) is 7.18. The monoisotopic (exact) mass is 281 g/mol. The Labute approximate surface area is 124 Å². The third kappa shape index (κ3) is 3.24. The lowest BCUT2D eigenvalue weighted by molar-refractivity contribution is -0.117. The van der Waals surface area contributed by atoms with E-state index in [1.807, 2.05) is 54.6 Å². The summed E-state index contributed by atoms with van der Waals surface area (Å²) < 4.78 is 5.77. The lowest BCUT2D eigenvalue weighted by atomic mass is 10.1. The third-order valence-corrected chi connectivity index (χ3v) is 3.91. The van der Waals surface area contributed by atoms with Gasteiger partial charge in [-0.3, -0.25) is 4.79 Å². The minimum atomic E-state index is 0.0943. The second-order valence-corrected chi connectivity index (χ2v) is 6.18. The first kappa shape index (κ1) is 13.7. The molecule has 1 saturated carbocycles. The van der Waals surface area contributed by atoms with E-state index in [0.717, 1.165) is 17.9 Å². The number of nitrogens with one attached hydrogen (secondary N) is 1. The fraction of sp³-hybridized carbons (Fsp3) is 0.278. The first-order chi connectivity index (χ1) is 10.0. The number of anilines is 1. The van der Waals surface area contributed by atoms with Crippen LogP contribution in [0.25, 0.3) is 0 Å². The molecular weight excluding hydrogens is 262 g/mol. The highest BCUT2D eigenvalue weighted by Gasteiger charge is 2.50. The summed E-state index contributed by atoms with van der Waals surface area (Å²) in [6.07, 6.45) is 0.957. The Balaban J connectivity index is 1.67. The minimum absolute atomic E-state index is 0.0943. The predicted octanol–water partition coefficient (Wildman–Crippen LogP) is 4.46. The van der Waals surface area contributed by atoms with Crippen molar-refractivity contribution >= 4 is 11.6 Å². The molecule has 1 atom stereocenters. The molecule has 0 aliphatic heterocycles. The van der Waals surface area contributed by atoms with Gasteiger partial charge in [0.05, 0.1) is 0 Å². The Morgan fingerprint density at radius 3 is 2.43 bits per heavy atom. The van der Waals surface area contributed by atoms with Crippen LogP contribution in [0.3, 0.4) is 0 Å². The smallest absolute Gasteiger partial charge is 0.228 e. The average molecular weight is 281 g/mol. The molecule has 1 aliphatic carbocycles. The molecular formula is C18H19NO2. The van der Waals surface area contributed by atoms with Gasteiger partial charge < -0.3 is 10.1 Å². The fourth-order valence-corrected chi connectivity index (χ4v) is 2.41. The molecule has 1 fully saturated rings. The number of amides is 1. The highest BCUT2D eigenvalue weighted by molar-refractivity contribution is 5.95. The molecule has 21 heavy (non-hydrogen) atoms. The topological polar surface area (TPSA) is 38.3 Å². The maximum Gasteiger partial charge on any atom is 0.228 e. The molecule has 0 aromatic heterocycles. The zero-order valence-corrected chi connectivity index (χ0v) is 12.3. The summed E-state index contributed by atoms with van der Waals surface area (Å²) in [5.41, 5.74) is 0.915. The van der Waals surface area contributed by atoms with Gasteiger partial charge in [-0.1, -0.05) is 38.1 Å². The number of para-hydroxylation sites is 1. The molecule has 108 valence electrons. The second kappa shape index (κ2) is 5.24. The maximum atomic E-state index is 12.1. The summed E-state index contributed by atoms with van der Waals surface area (Å²) in [7, 11) is 0. The average Bonchev–Trinajstić information content (AvgIpc) is 3.09. The molecule has 3 heteroatoms. The maximum absolute atomic E-state index is 12.1. The van der Waals surface area contributed by atoms with Crippen molar-refractivity contribution in [2.75, 3.05) is 5.32 Å². The fourth-order valence-electron chi connectivity index (χ4n) is 2.41. The van der Waals surface area contributed by atoms with Gasteiger partial charge in [-0.2, -0.15) is 0 Å². The SMILES string of the molecule is CC1(C)CC1C(=O)Nc1cccc(Oc2ccccc2)c1. The molecule has 0 heterocycles. The molecule has 1 amide bonds. The van der Waals surface area contributed by atoms with Crippen LogP contribution in [0.4, 0.5) is 5.69 Å². The number of hydrogen-bond donors (Lipinski definition) is 1. The zero-order chi connectivity index (χ0) is 14.9. The number of carbonyl (C=O) groups is 1. The molecule has 3 rings (SSSR count). The van der Waals surface area contributed by atoms with Crippen molar-refractivity contribution in [3.8, 4) is 11.5 Å². The van der Waals surface area contributed by atoms with Crippen molar-refractivity contribution in [3.63, 3.8) is 0 Å². The highest BCUT2D eigenvalue weighted by Crippen LogP contribution is 2.52. The lowest BCUT2D eigenvalue weighted by Crippen LogP contribution is -2.16. The van der Waals surface area contributed by atoms with Crippen molar-refractivity contribution in [1.29, 1.82) is 0 Å². The molecule has 0 spiro atoms. The third-order valence-electron chi connectivity index (χ3n) is 3.91. The Morgan fingerprint density at radius 1 is 1.10 bits per heavy atom. The van der Waals surface area contributed by atoms with E-state index >= 15 is 0 Å². The van der Waals surface area contributed by atoms with Gasteiger partial charge in [0.25, 0.3) is 0 Å². The van der Waals surface area contributed by atoms with Crippen LogP contribution in [0.5, 0.6) is 11.5 Å². The van der Waals surface area contributed by atoms with Crippen LogP contribution in [0, 0.1) is 11.3 Å². The Morgan fingerprint density at radius 2 is 1.76 bits per heavy atom. The largest absolute Gasteiger partial charge is 0.457 e. The minimum Gasteiger partial charge on any atom is -0.457 e. The van der Waals surface area contributed by atoms with Gasteiger partial charge in [-0.25, -0.2) is 0 Å². The normalized spacial score (nSPS) is 18.9. The molecule has 0 bridgehead atoms. The number of rotatable bonds is 4. The van der Waals surface area contributed by atoms with Crippen molar-refractivity contribution in [3.05, 3.63) is 54.6 Å². The number of carbonyl (C=O) groups excluding carboxylic acids is 1. The van der Waals surface area contributed by atoms with E-state index < -0.39 is 0 Å². The molecule has 1 unspecified atom stereocenters. The van der Waals surface area contributed by atoms with Crippen molar-refractivity contribution in [2.45, 2.75) is 20.3 Å². The van der Waals surface area contributed by atoms with E-state index in [9.17, 15) is 4.79 Å². The van der Waals surface area contributed by atoms with Crippen LogP contribution in [0.1, 0.15) is 20.3 Å². The summed E-state index contributed by atoms with van der Waals surface area (Å²) in [6.45, 7) is 4.23. The summed E-state index contributed by atoms with van der Waals surface area (Å²) >= 11 is 0. The van der Waals surface area contributed by atoms with E-state index in [4.69, 9.17) is 4.74 Å². The van der Waals surface area contributed by atoms with Crippen molar-refractivity contribution < 1.29 is 9.53 Å². The van der Waals surface area contributed by atoms with E-state index in [-0.39, 0.29) is 17.2 Å². The predicted molar refractivity (Wildman–Crippen MR) is 83.5 cm³/mol. The van der Waals surface area contributed by atoms with Crippen LogP contribution in [0.15, 0.2) is 54.6 Å². The molecule has 1 aliphatic rings. The van der Waals surface area contributed by atoms with E-state index in [2.05, 4.69) is 19.2 Å². The van der Waals surface area contributed by atoms with Crippen LogP contribution in [-0.4, -0.2) is 5.91 Å². The first-order valence-corrected chi connectivity index (χ1v) is 7.18. The Hall–Kier alpha value is -2.29. The summed E-state index contributed by atoms with van der Waals surface area (Å²) in [4.78, 5) is 12.1. The molecule has 3 nitrogen and oxygen atoms in total. The van der Waals surface area contributed by atoms with E-state index in [1.165, 1.54) is 0 Å². The van der Waals surface area contributed by atoms with Gasteiger partial charge in [0.1, 0.15) is 11.5 Å². The van der Waals surface area contributed by atoms with Crippen LogP contribution in [-0.2, 0) is 4.79 Å². The van der Waals surface area contributed by atoms with Gasteiger partial charge >= 0.3 is 0 Å². The molecule has 2 aromatic rings. The molecule has 1 N–H and O–H groups in total. The second-order valence-electron chi connectivity index (χ2n) is 6.18. The summed E-state index contributed by atoms with van der Waals surface area (Å²) in [5, 5.41) is 2.97. The van der Waals surface area contributed by atoms with E-state index in [0.29, 0.717) is 5.75 Å². The van der Waals surface area contributed by atoms with Gasteiger partial charge in [0.15, 0.2) is 0 Å². The van der Waals surface area contributed by atoms with Crippen LogP contribution in [0.2, 0.25) is 0 Å². The summed E-state index contributed by atoms with van der Waals surface area (Å²) in [5.74, 6) is 1.71. The van der Waals surface area contributed by atoms with Gasteiger partial charge in [0.2, 0.25) is 5.91 Å². The van der Waals surface area contributed by atoms with E-state index in [1.54, 1.807) is 0 Å². The van der Waals surface area contributed by atoms with Crippen LogP contribution < -0.4 is 10.1 Å². The van der Waals surface area contributed by atoms with Gasteiger partial charge in [-0.15, -0.1) is 0 Å². The lowest BCUT2D eigenvalue weighted by Gasteiger charge is -2.09. The Bertz CT molecular complexity index is 649. The summed E-state index contributed by atoms with van der Waals surface area (Å²) in [6, 6.07) is 17.1. The van der Waals surface area contributed by atoms with Crippen LogP contribution >= 0.6 is 0 Å². The van der Waals surface area contributed by atoms with Gasteiger partial charge in [0, 0.05) is 17.7 Å². The standard InChI is InChI=1S/C18H19NO2/c1-18(2)12-16(18)17(20)19-13-7-6-10-15(11-13)21-14-8-4-3-5-9-14/h3-11,16H,12H2,1-2H3,(H,19,20). The quantitative estimate of drug-likeness (QED) is 0.898. The highest BCUT2D eigenvalue weighted by atomic mass is 16.5. The van der Waals surface area contributed by atoms with Crippen molar-refractivity contribution in [1.82, 2.24) is 0 Å². The number of hydrogen-bond acceptors (Lipinski definition) is 2. The number of ether oxygens (including phenoxy) is 1. The molecule has 2 aromatic carbocycles.